The Morgan fingerprint density at radius 1 is 0.569 bits per heavy atom. The standard InChI is InChI=1S/C41H80NO8P/c1-3-5-7-9-11-13-15-17-18-19-20-21-22-24-25-27-29-31-33-40(43)47-37-39(38-49-51(45,46)48-36-35-42)50-41(44)34-32-30-28-26-23-16-14-12-10-8-6-4-2/h12,14,39H,3-11,13,15-38,42H2,1-2H3,(H,45,46)/b14-12+/t39-/m0/s1. The Hall–Kier alpha value is -1.25. The minimum atomic E-state index is -4.37. The van der Waals surface area contributed by atoms with Gasteiger partial charge in [0.05, 0.1) is 13.2 Å². The average Bonchev–Trinajstić information content (AvgIpc) is 3.11. The molecule has 0 aromatic carbocycles. The number of hydrogen-bond acceptors (Lipinski definition) is 8. The number of hydrogen-bond donors (Lipinski definition) is 2. The molecular weight excluding hydrogens is 665 g/mol. The maximum absolute atomic E-state index is 12.5. The van der Waals surface area contributed by atoms with Crippen LogP contribution in [0, 0.1) is 0 Å². The highest BCUT2D eigenvalue weighted by Gasteiger charge is 2.26. The summed E-state index contributed by atoms with van der Waals surface area (Å²) in [5.41, 5.74) is 5.34. The number of nitrogens with two attached hydrogens (primary N) is 1. The van der Waals surface area contributed by atoms with Gasteiger partial charge in [-0.05, 0) is 38.5 Å². The smallest absolute Gasteiger partial charge is 0.462 e. The van der Waals surface area contributed by atoms with Crippen molar-refractivity contribution in [1.82, 2.24) is 0 Å². The van der Waals surface area contributed by atoms with E-state index in [1.807, 2.05) is 0 Å². The van der Waals surface area contributed by atoms with E-state index < -0.39 is 26.5 Å². The second kappa shape index (κ2) is 38.5. The van der Waals surface area contributed by atoms with Gasteiger partial charge in [0.15, 0.2) is 6.10 Å². The zero-order valence-electron chi connectivity index (χ0n) is 33.1. The van der Waals surface area contributed by atoms with Crippen molar-refractivity contribution in [1.29, 1.82) is 0 Å². The second-order valence-corrected chi connectivity index (χ2v) is 15.7. The van der Waals surface area contributed by atoms with Gasteiger partial charge in [0.1, 0.15) is 6.61 Å². The SMILES string of the molecule is CCCCC/C=C/CCCCCCCC(=O)O[C@@H](COC(=O)CCCCCCCCCCCCCCCCCCCC)COP(=O)(O)OCCN. The lowest BCUT2D eigenvalue weighted by atomic mass is 10.0. The number of esters is 2. The quantitative estimate of drug-likeness (QED) is 0.0272. The average molecular weight is 746 g/mol. The predicted molar refractivity (Wildman–Crippen MR) is 211 cm³/mol. The Balaban J connectivity index is 4.10. The van der Waals surface area contributed by atoms with Crippen LogP contribution >= 0.6 is 7.82 Å². The lowest BCUT2D eigenvalue weighted by Crippen LogP contribution is -2.29. The Bertz CT molecular complexity index is 856. The van der Waals surface area contributed by atoms with Crippen molar-refractivity contribution in [3.63, 3.8) is 0 Å². The van der Waals surface area contributed by atoms with Crippen LogP contribution in [0.3, 0.4) is 0 Å². The largest absolute Gasteiger partial charge is 0.472 e. The molecule has 10 heteroatoms. The molecule has 3 N–H and O–H groups in total. The van der Waals surface area contributed by atoms with E-state index in [-0.39, 0.29) is 38.6 Å². The molecule has 0 aliphatic carbocycles. The summed E-state index contributed by atoms with van der Waals surface area (Å²) in [5.74, 6) is -0.830. The molecule has 2 atom stereocenters. The molecule has 0 radical (unpaired) electrons. The zero-order chi connectivity index (χ0) is 37.5. The molecule has 51 heavy (non-hydrogen) atoms. The van der Waals surface area contributed by atoms with Gasteiger partial charge in [-0.25, -0.2) is 4.57 Å². The van der Waals surface area contributed by atoms with Crippen molar-refractivity contribution < 1.29 is 37.6 Å². The molecule has 0 saturated carbocycles. The van der Waals surface area contributed by atoms with Crippen molar-refractivity contribution in [2.45, 2.75) is 213 Å². The second-order valence-electron chi connectivity index (χ2n) is 14.2. The molecule has 0 heterocycles. The highest BCUT2D eigenvalue weighted by atomic mass is 31.2. The summed E-state index contributed by atoms with van der Waals surface area (Å²) >= 11 is 0. The van der Waals surface area contributed by atoms with Gasteiger partial charge in [0, 0.05) is 19.4 Å². The van der Waals surface area contributed by atoms with Crippen LogP contribution in [0.2, 0.25) is 0 Å². The van der Waals surface area contributed by atoms with Gasteiger partial charge in [-0.3, -0.25) is 18.6 Å². The van der Waals surface area contributed by atoms with Gasteiger partial charge < -0.3 is 20.1 Å². The summed E-state index contributed by atoms with van der Waals surface area (Å²) in [5, 5.41) is 0. The zero-order valence-corrected chi connectivity index (χ0v) is 34.0. The molecule has 0 rings (SSSR count). The Labute approximate surface area is 313 Å². The summed E-state index contributed by atoms with van der Waals surface area (Å²) in [6.45, 7) is 3.72. The van der Waals surface area contributed by atoms with Crippen molar-refractivity contribution in [3.8, 4) is 0 Å². The number of rotatable bonds is 40. The first-order valence-electron chi connectivity index (χ1n) is 21.2. The monoisotopic (exact) mass is 746 g/mol. The maximum Gasteiger partial charge on any atom is 0.472 e. The third-order valence-electron chi connectivity index (χ3n) is 9.15. The molecule has 0 saturated heterocycles. The number of carbonyl (C=O) groups is 2. The number of phosphoric ester groups is 1. The van der Waals surface area contributed by atoms with Crippen LogP contribution in [0.4, 0.5) is 0 Å². The molecule has 0 aliphatic heterocycles. The van der Waals surface area contributed by atoms with E-state index in [2.05, 4.69) is 26.0 Å². The number of phosphoric acid groups is 1. The molecule has 0 aromatic rings. The topological polar surface area (TPSA) is 134 Å². The van der Waals surface area contributed by atoms with Gasteiger partial charge >= 0.3 is 19.8 Å². The third-order valence-corrected chi connectivity index (χ3v) is 10.1. The number of unbranched alkanes of at least 4 members (excludes halogenated alkanes) is 25. The van der Waals surface area contributed by atoms with Gasteiger partial charge in [0.25, 0.3) is 0 Å². The van der Waals surface area contributed by atoms with E-state index in [4.69, 9.17) is 24.3 Å². The molecule has 1 unspecified atom stereocenters. The van der Waals surface area contributed by atoms with Crippen LogP contribution in [0.5, 0.6) is 0 Å². The van der Waals surface area contributed by atoms with Crippen LogP contribution in [0.15, 0.2) is 12.2 Å². The number of ether oxygens (including phenoxy) is 2. The first kappa shape index (κ1) is 49.8. The van der Waals surface area contributed by atoms with E-state index in [1.54, 1.807) is 0 Å². The summed E-state index contributed by atoms with van der Waals surface area (Å²) < 4.78 is 32.7. The molecule has 0 fully saturated rings. The lowest BCUT2D eigenvalue weighted by Gasteiger charge is -2.19. The van der Waals surface area contributed by atoms with Gasteiger partial charge in [-0.2, -0.15) is 0 Å². The summed E-state index contributed by atoms with van der Waals surface area (Å²) in [6.07, 6.45) is 38.1. The summed E-state index contributed by atoms with van der Waals surface area (Å²) in [4.78, 5) is 34.8. The normalized spacial score (nSPS) is 13.4. The molecule has 0 aliphatic rings. The van der Waals surface area contributed by atoms with E-state index in [0.29, 0.717) is 6.42 Å². The maximum atomic E-state index is 12.5. The van der Waals surface area contributed by atoms with Crippen molar-refractivity contribution in [2.24, 2.45) is 5.73 Å². The van der Waals surface area contributed by atoms with Crippen LogP contribution in [-0.2, 0) is 32.7 Å². The number of allylic oxidation sites excluding steroid dienone is 2. The molecule has 302 valence electrons. The first-order chi connectivity index (χ1) is 24.8. The van der Waals surface area contributed by atoms with Crippen molar-refractivity contribution in [3.05, 3.63) is 12.2 Å². The van der Waals surface area contributed by atoms with Crippen molar-refractivity contribution in [2.75, 3.05) is 26.4 Å². The van der Waals surface area contributed by atoms with E-state index in [1.165, 1.54) is 116 Å². The fourth-order valence-corrected chi connectivity index (χ4v) is 6.75. The summed E-state index contributed by atoms with van der Waals surface area (Å²) in [7, 11) is -4.37. The lowest BCUT2D eigenvalue weighted by molar-refractivity contribution is -0.161. The Morgan fingerprint density at radius 2 is 0.961 bits per heavy atom. The molecule has 0 bridgehead atoms. The van der Waals surface area contributed by atoms with Crippen LogP contribution < -0.4 is 5.73 Å². The summed E-state index contributed by atoms with van der Waals surface area (Å²) in [6, 6.07) is 0. The van der Waals surface area contributed by atoms with E-state index >= 15 is 0 Å². The van der Waals surface area contributed by atoms with E-state index in [0.717, 1.165) is 57.8 Å². The molecule has 0 amide bonds. The molecular formula is C41H80NO8P. The third kappa shape index (κ3) is 38.3. The highest BCUT2D eigenvalue weighted by Crippen LogP contribution is 2.43. The fraction of sp³-hybridized carbons (Fsp3) is 0.902. The highest BCUT2D eigenvalue weighted by molar-refractivity contribution is 7.47. The molecule has 0 spiro atoms. The fourth-order valence-electron chi connectivity index (χ4n) is 5.98. The predicted octanol–water partition coefficient (Wildman–Crippen LogP) is 11.8. The first-order valence-corrected chi connectivity index (χ1v) is 22.7. The van der Waals surface area contributed by atoms with Crippen LogP contribution in [-0.4, -0.2) is 49.3 Å². The minimum absolute atomic E-state index is 0.0547. The van der Waals surface area contributed by atoms with Crippen LogP contribution in [0.1, 0.15) is 206 Å². The minimum Gasteiger partial charge on any atom is -0.462 e. The number of carbonyl (C=O) groups excluding carboxylic acids is 2. The van der Waals surface area contributed by atoms with Gasteiger partial charge in [-0.15, -0.1) is 0 Å². The molecule has 9 nitrogen and oxygen atoms in total. The Morgan fingerprint density at radius 3 is 1.43 bits per heavy atom. The molecule has 0 aromatic heterocycles. The Kier molecular flexibility index (Phi) is 37.5. The van der Waals surface area contributed by atoms with E-state index in [9.17, 15) is 19.0 Å². The van der Waals surface area contributed by atoms with Gasteiger partial charge in [0.2, 0.25) is 0 Å². The van der Waals surface area contributed by atoms with Gasteiger partial charge in [-0.1, -0.05) is 167 Å². The van der Waals surface area contributed by atoms with Crippen molar-refractivity contribution >= 4 is 19.8 Å². The van der Waals surface area contributed by atoms with Crippen LogP contribution in [0.25, 0.3) is 0 Å².